The summed E-state index contributed by atoms with van der Waals surface area (Å²) in [7, 11) is 0. The number of hydrogen-bond donors (Lipinski definition) is 1. The predicted molar refractivity (Wildman–Crippen MR) is 59.7 cm³/mol. The van der Waals surface area contributed by atoms with Crippen molar-refractivity contribution in [3.63, 3.8) is 0 Å². The summed E-state index contributed by atoms with van der Waals surface area (Å²) >= 11 is 0. The minimum Gasteiger partial charge on any atom is -0.461 e. The maximum absolute atomic E-state index is 5.55. The number of nitrogens with zero attached hydrogens (tertiary/aromatic N) is 2. The predicted octanol–water partition coefficient (Wildman–Crippen LogP) is 1.40. The fourth-order valence-electron chi connectivity index (χ4n) is 1.21. The molecule has 4 heteroatoms. The van der Waals surface area contributed by atoms with Crippen LogP contribution in [0.4, 0.5) is 0 Å². The SMILES string of the molecule is CC(CN)Cc1cnc(OC(C)C)nc1. The van der Waals surface area contributed by atoms with Crippen LogP contribution in [0.2, 0.25) is 0 Å². The van der Waals surface area contributed by atoms with Gasteiger partial charge in [0.1, 0.15) is 0 Å². The summed E-state index contributed by atoms with van der Waals surface area (Å²) in [4.78, 5) is 8.26. The molecule has 0 saturated carbocycles. The van der Waals surface area contributed by atoms with Crippen LogP contribution in [-0.4, -0.2) is 22.6 Å². The third kappa shape index (κ3) is 4.25. The van der Waals surface area contributed by atoms with Crippen molar-refractivity contribution in [2.24, 2.45) is 11.7 Å². The highest BCUT2D eigenvalue weighted by atomic mass is 16.5. The van der Waals surface area contributed by atoms with Crippen LogP contribution in [0, 0.1) is 5.92 Å². The lowest BCUT2D eigenvalue weighted by molar-refractivity contribution is 0.222. The van der Waals surface area contributed by atoms with Crippen molar-refractivity contribution in [1.29, 1.82) is 0 Å². The molecule has 2 N–H and O–H groups in total. The first-order valence-corrected chi connectivity index (χ1v) is 5.29. The van der Waals surface area contributed by atoms with Crippen LogP contribution < -0.4 is 10.5 Å². The van der Waals surface area contributed by atoms with Crippen molar-refractivity contribution < 1.29 is 4.74 Å². The van der Waals surface area contributed by atoms with Gasteiger partial charge in [-0.2, -0.15) is 0 Å². The molecular weight excluding hydrogens is 190 g/mol. The Kier molecular flexibility index (Phi) is 4.49. The van der Waals surface area contributed by atoms with Crippen LogP contribution in [0.25, 0.3) is 0 Å². The molecule has 0 bridgehead atoms. The molecular formula is C11H19N3O. The first-order chi connectivity index (χ1) is 7.11. The van der Waals surface area contributed by atoms with Crippen molar-refractivity contribution in [2.45, 2.75) is 33.3 Å². The van der Waals surface area contributed by atoms with Gasteiger partial charge in [0, 0.05) is 12.4 Å². The van der Waals surface area contributed by atoms with E-state index in [1.807, 2.05) is 13.8 Å². The number of aromatic nitrogens is 2. The normalized spacial score (nSPS) is 12.9. The second-order valence-corrected chi connectivity index (χ2v) is 4.09. The summed E-state index contributed by atoms with van der Waals surface area (Å²) in [5.41, 5.74) is 6.65. The highest BCUT2D eigenvalue weighted by Gasteiger charge is 2.04. The Balaban J connectivity index is 2.56. The first-order valence-electron chi connectivity index (χ1n) is 5.29. The van der Waals surface area contributed by atoms with Crippen molar-refractivity contribution in [1.82, 2.24) is 9.97 Å². The van der Waals surface area contributed by atoms with E-state index in [2.05, 4.69) is 16.9 Å². The minimum absolute atomic E-state index is 0.110. The molecule has 1 aromatic rings. The van der Waals surface area contributed by atoms with Gasteiger partial charge in [-0.3, -0.25) is 0 Å². The third-order valence-corrected chi connectivity index (χ3v) is 2.01. The molecule has 0 aliphatic heterocycles. The Morgan fingerprint density at radius 1 is 1.27 bits per heavy atom. The molecule has 0 aliphatic rings. The van der Waals surface area contributed by atoms with Crippen molar-refractivity contribution in [3.05, 3.63) is 18.0 Å². The molecule has 1 unspecified atom stereocenters. The maximum Gasteiger partial charge on any atom is 0.316 e. The van der Waals surface area contributed by atoms with E-state index in [1.54, 1.807) is 12.4 Å². The number of nitrogens with two attached hydrogens (primary N) is 1. The zero-order valence-electron chi connectivity index (χ0n) is 9.60. The molecule has 0 radical (unpaired) electrons. The van der Waals surface area contributed by atoms with Crippen LogP contribution in [0.5, 0.6) is 6.01 Å². The summed E-state index contributed by atoms with van der Waals surface area (Å²) < 4.78 is 5.35. The Morgan fingerprint density at radius 2 is 1.87 bits per heavy atom. The van der Waals surface area contributed by atoms with E-state index < -0.39 is 0 Å². The molecule has 0 aromatic carbocycles. The van der Waals surface area contributed by atoms with Gasteiger partial charge in [0.2, 0.25) is 0 Å². The van der Waals surface area contributed by atoms with Gasteiger partial charge < -0.3 is 10.5 Å². The van der Waals surface area contributed by atoms with Crippen LogP contribution in [0.15, 0.2) is 12.4 Å². The first kappa shape index (κ1) is 11.9. The van der Waals surface area contributed by atoms with Crippen LogP contribution >= 0.6 is 0 Å². The van der Waals surface area contributed by atoms with E-state index >= 15 is 0 Å². The van der Waals surface area contributed by atoms with Crippen LogP contribution in [-0.2, 0) is 6.42 Å². The van der Waals surface area contributed by atoms with E-state index in [9.17, 15) is 0 Å². The van der Waals surface area contributed by atoms with E-state index in [4.69, 9.17) is 10.5 Å². The molecule has 0 saturated heterocycles. The number of hydrogen-bond acceptors (Lipinski definition) is 4. The Morgan fingerprint density at radius 3 is 2.33 bits per heavy atom. The average Bonchev–Trinajstić information content (AvgIpc) is 2.20. The van der Waals surface area contributed by atoms with Gasteiger partial charge >= 0.3 is 6.01 Å². The summed E-state index contributed by atoms with van der Waals surface area (Å²) in [6.45, 7) is 6.70. The monoisotopic (exact) mass is 209 g/mol. The van der Waals surface area contributed by atoms with Crippen molar-refractivity contribution in [3.8, 4) is 6.01 Å². The molecule has 15 heavy (non-hydrogen) atoms. The molecule has 0 amide bonds. The number of rotatable bonds is 5. The lowest BCUT2D eigenvalue weighted by Gasteiger charge is -2.09. The van der Waals surface area contributed by atoms with Gasteiger partial charge in [0.25, 0.3) is 0 Å². The lowest BCUT2D eigenvalue weighted by Crippen LogP contribution is -2.14. The van der Waals surface area contributed by atoms with Crippen LogP contribution in [0.3, 0.4) is 0 Å². The molecule has 0 aliphatic carbocycles. The molecule has 1 aromatic heterocycles. The summed E-state index contributed by atoms with van der Waals surface area (Å²) in [5, 5.41) is 0. The fourth-order valence-corrected chi connectivity index (χ4v) is 1.21. The Hall–Kier alpha value is -1.16. The van der Waals surface area contributed by atoms with Gasteiger partial charge in [0.15, 0.2) is 0 Å². The van der Waals surface area contributed by atoms with Crippen LogP contribution in [0.1, 0.15) is 26.3 Å². The molecule has 84 valence electrons. The van der Waals surface area contributed by atoms with Crippen molar-refractivity contribution in [2.75, 3.05) is 6.54 Å². The summed E-state index contributed by atoms with van der Waals surface area (Å²) in [6.07, 6.45) is 4.63. The molecule has 4 nitrogen and oxygen atoms in total. The van der Waals surface area contributed by atoms with Gasteiger partial charge in [-0.15, -0.1) is 0 Å². The fraction of sp³-hybridized carbons (Fsp3) is 0.636. The topological polar surface area (TPSA) is 61.0 Å². The standard InChI is InChI=1S/C11H19N3O/c1-8(2)15-11-13-6-10(7-14-11)4-9(3)5-12/h6-9H,4-5,12H2,1-3H3. The van der Waals surface area contributed by atoms with E-state index in [0.29, 0.717) is 18.5 Å². The molecule has 0 fully saturated rings. The van der Waals surface area contributed by atoms with Gasteiger partial charge in [-0.05, 0) is 38.3 Å². The molecule has 1 heterocycles. The average molecular weight is 209 g/mol. The lowest BCUT2D eigenvalue weighted by atomic mass is 10.0. The van der Waals surface area contributed by atoms with Crippen molar-refractivity contribution >= 4 is 0 Å². The zero-order valence-corrected chi connectivity index (χ0v) is 9.60. The Labute approximate surface area is 90.9 Å². The highest BCUT2D eigenvalue weighted by Crippen LogP contribution is 2.08. The Bertz CT molecular complexity index is 284. The molecule has 1 atom stereocenters. The van der Waals surface area contributed by atoms with E-state index in [1.165, 1.54) is 0 Å². The quantitative estimate of drug-likeness (QED) is 0.796. The minimum atomic E-state index is 0.110. The largest absolute Gasteiger partial charge is 0.461 e. The molecule has 0 spiro atoms. The second kappa shape index (κ2) is 5.66. The molecule has 1 rings (SSSR count). The maximum atomic E-state index is 5.55. The van der Waals surface area contributed by atoms with Gasteiger partial charge in [0.05, 0.1) is 6.10 Å². The summed E-state index contributed by atoms with van der Waals surface area (Å²) in [5.74, 6) is 0.463. The van der Waals surface area contributed by atoms with E-state index in [-0.39, 0.29) is 6.10 Å². The zero-order chi connectivity index (χ0) is 11.3. The smallest absolute Gasteiger partial charge is 0.316 e. The summed E-state index contributed by atoms with van der Waals surface area (Å²) in [6, 6.07) is 0.439. The number of ether oxygens (including phenoxy) is 1. The highest BCUT2D eigenvalue weighted by molar-refractivity contribution is 5.08. The second-order valence-electron chi connectivity index (χ2n) is 4.09. The van der Waals surface area contributed by atoms with E-state index in [0.717, 1.165) is 12.0 Å². The van der Waals surface area contributed by atoms with Gasteiger partial charge in [-0.25, -0.2) is 9.97 Å². The van der Waals surface area contributed by atoms with Gasteiger partial charge in [-0.1, -0.05) is 6.92 Å². The third-order valence-electron chi connectivity index (χ3n) is 2.01.